The molecule has 0 saturated carbocycles. The molecular formula is C17H19NOS. The number of anilines is 1. The molecule has 20 heavy (non-hydrogen) atoms. The molecule has 0 bridgehead atoms. The Hall–Kier alpha value is -1.32. The lowest BCUT2D eigenvalue weighted by atomic mass is 9.81. The summed E-state index contributed by atoms with van der Waals surface area (Å²) in [5.74, 6) is 0.558. The first-order valence-electron chi connectivity index (χ1n) is 7.27. The number of benzene rings is 1. The van der Waals surface area contributed by atoms with Crippen molar-refractivity contribution in [2.75, 3.05) is 11.9 Å². The molecule has 1 fully saturated rings. The maximum absolute atomic E-state index is 6.10. The van der Waals surface area contributed by atoms with Gasteiger partial charge in [-0.15, -0.1) is 11.3 Å². The molecule has 3 atom stereocenters. The van der Waals surface area contributed by atoms with Crippen molar-refractivity contribution in [2.45, 2.75) is 32.4 Å². The van der Waals surface area contributed by atoms with Crippen molar-refractivity contribution in [3.8, 4) is 0 Å². The van der Waals surface area contributed by atoms with Crippen LogP contribution in [0.5, 0.6) is 0 Å². The highest BCUT2D eigenvalue weighted by Crippen LogP contribution is 2.51. The Balaban J connectivity index is 1.84. The topological polar surface area (TPSA) is 21.3 Å². The van der Waals surface area contributed by atoms with E-state index in [0.717, 1.165) is 13.0 Å². The van der Waals surface area contributed by atoms with Crippen LogP contribution >= 0.6 is 11.3 Å². The summed E-state index contributed by atoms with van der Waals surface area (Å²) < 4.78 is 6.10. The number of nitrogens with one attached hydrogen (secondary N) is 1. The molecule has 1 aromatic heterocycles. The molecule has 2 aliphatic rings. The normalized spacial score (nSPS) is 27.8. The molecule has 104 valence electrons. The van der Waals surface area contributed by atoms with Crippen LogP contribution in [0.25, 0.3) is 0 Å². The predicted octanol–water partition coefficient (Wildman–Crippen LogP) is 4.61. The Morgan fingerprint density at radius 2 is 2.20 bits per heavy atom. The smallest absolute Gasteiger partial charge is 0.0899 e. The molecule has 2 aliphatic heterocycles. The SMILES string of the molecule is Cc1cc(C)c2c(c1)N[C@H](c1cccs1)[C@H]1CCO[C@H]21. The Labute approximate surface area is 123 Å². The van der Waals surface area contributed by atoms with Gasteiger partial charge in [-0.05, 0) is 48.9 Å². The minimum Gasteiger partial charge on any atom is -0.377 e. The molecule has 2 aromatic rings. The van der Waals surface area contributed by atoms with Crippen molar-refractivity contribution in [3.05, 3.63) is 51.2 Å². The van der Waals surface area contributed by atoms with Gasteiger partial charge in [0.15, 0.2) is 0 Å². The first-order chi connectivity index (χ1) is 9.74. The average Bonchev–Trinajstić information content (AvgIpc) is 3.08. The summed E-state index contributed by atoms with van der Waals surface area (Å²) in [6, 6.07) is 9.32. The monoisotopic (exact) mass is 285 g/mol. The third-order valence-corrected chi connectivity index (χ3v) is 5.50. The second kappa shape index (κ2) is 4.61. The van der Waals surface area contributed by atoms with Gasteiger partial charge in [0.2, 0.25) is 0 Å². The Bertz CT molecular complexity index is 635. The zero-order chi connectivity index (χ0) is 13.7. The van der Waals surface area contributed by atoms with Gasteiger partial charge in [-0.2, -0.15) is 0 Å². The van der Waals surface area contributed by atoms with Gasteiger partial charge in [-0.25, -0.2) is 0 Å². The number of fused-ring (bicyclic) bond motifs is 3. The molecule has 0 spiro atoms. The first-order valence-corrected chi connectivity index (χ1v) is 8.14. The minimum absolute atomic E-state index is 0.263. The van der Waals surface area contributed by atoms with E-state index in [2.05, 4.69) is 48.8 Å². The largest absolute Gasteiger partial charge is 0.377 e. The molecule has 1 N–H and O–H groups in total. The van der Waals surface area contributed by atoms with E-state index in [1.54, 1.807) is 0 Å². The van der Waals surface area contributed by atoms with Gasteiger partial charge in [0.05, 0.1) is 12.1 Å². The fraction of sp³-hybridized carbons (Fsp3) is 0.412. The molecule has 3 heterocycles. The summed E-state index contributed by atoms with van der Waals surface area (Å²) in [6.45, 7) is 5.25. The average molecular weight is 285 g/mol. The maximum atomic E-state index is 6.10. The molecule has 0 unspecified atom stereocenters. The zero-order valence-electron chi connectivity index (χ0n) is 11.8. The van der Waals surface area contributed by atoms with Gasteiger partial charge in [0.25, 0.3) is 0 Å². The molecule has 1 saturated heterocycles. The molecule has 4 rings (SSSR count). The van der Waals surface area contributed by atoms with Crippen molar-refractivity contribution in [2.24, 2.45) is 5.92 Å². The highest BCUT2D eigenvalue weighted by Gasteiger charge is 2.42. The second-order valence-corrected chi connectivity index (χ2v) is 6.90. The van der Waals surface area contributed by atoms with Crippen molar-refractivity contribution >= 4 is 17.0 Å². The second-order valence-electron chi connectivity index (χ2n) is 5.92. The van der Waals surface area contributed by atoms with E-state index in [9.17, 15) is 0 Å². The number of rotatable bonds is 1. The van der Waals surface area contributed by atoms with E-state index in [-0.39, 0.29) is 6.10 Å². The van der Waals surface area contributed by atoms with Crippen LogP contribution in [0.15, 0.2) is 29.6 Å². The predicted molar refractivity (Wildman–Crippen MR) is 83.4 cm³/mol. The Morgan fingerprint density at radius 1 is 1.30 bits per heavy atom. The van der Waals surface area contributed by atoms with Crippen LogP contribution in [0.3, 0.4) is 0 Å². The molecule has 1 aromatic carbocycles. The number of hydrogen-bond donors (Lipinski definition) is 1. The van der Waals surface area contributed by atoms with Gasteiger partial charge in [0, 0.05) is 28.7 Å². The summed E-state index contributed by atoms with van der Waals surface area (Å²) in [5.41, 5.74) is 5.32. The molecular weight excluding hydrogens is 266 g/mol. The van der Waals surface area contributed by atoms with E-state index in [4.69, 9.17) is 4.74 Å². The van der Waals surface area contributed by atoms with Crippen molar-refractivity contribution in [3.63, 3.8) is 0 Å². The fourth-order valence-electron chi connectivity index (χ4n) is 3.75. The molecule has 0 aliphatic carbocycles. The lowest BCUT2D eigenvalue weighted by Crippen LogP contribution is -2.29. The third-order valence-electron chi connectivity index (χ3n) is 4.54. The summed E-state index contributed by atoms with van der Waals surface area (Å²) in [4.78, 5) is 1.43. The zero-order valence-corrected chi connectivity index (χ0v) is 12.7. The van der Waals surface area contributed by atoms with Gasteiger partial charge in [-0.1, -0.05) is 12.1 Å². The van der Waals surface area contributed by atoms with Crippen molar-refractivity contribution in [1.82, 2.24) is 0 Å². The highest BCUT2D eigenvalue weighted by molar-refractivity contribution is 7.10. The fourth-order valence-corrected chi connectivity index (χ4v) is 4.60. The van der Waals surface area contributed by atoms with Gasteiger partial charge in [-0.3, -0.25) is 0 Å². The van der Waals surface area contributed by atoms with Crippen LogP contribution in [0, 0.1) is 19.8 Å². The number of aryl methyl sites for hydroxylation is 2. The van der Waals surface area contributed by atoms with Crippen LogP contribution in [0.1, 0.15) is 40.1 Å². The Morgan fingerprint density at radius 3 is 3.00 bits per heavy atom. The first kappa shape index (κ1) is 12.4. The van der Waals surface area contributed by atoms with Gasteiger partial charge < -0.3 is 10.1 Å². The van der Waals surface area contributed by atoms with E-state index >= 15 is 0 Å². The standard InChI is InChI=1S/C17H19NOS/c1-10-8-11(2)15-13(9-10)18-16(14-4-3-7-20-14)12-5-6-19-17(12)15/h3-4,7-9,12,16-18H,5-6H2,1-2H3/t12-,16+,17+/m1/s1. The molecule has 0 radical (unpaired) electrons. The lowest BCUT2D eigenvalue weighted by molar-refractivity contribution is 0.0827. The van der Waals surface area contributed by atoms with E-state index < -0.39 is 0 Å². The summed E-state index contributed by atoms with van der Waals surface area (Å²) >= 11 is 1.84. The number of hydrogen-bond acceptors (Lipinski definition) is 3. The lowest BCUT2D eigenvalue weighted by Gasteiger charge is -2.37. The molecule has 3 heteroatoms. The summed E-state index contributed by atoms with van der Waals surface area (Å²) in [6.07, 6.45) is 1.41. The minimum atomic E-state index is 0.263. The van der Waals surface area contributed by atoms with E-state index in [1.807, 2.05) is 11.3 Å². The number of thiophene rings is 1. The van der Waals surface area contributed by atoms with Gasteiger partial charge in [0.1, 0.15) is 0 Å². The molecule has 0 amide bonds. The summed E-state index contributed by atoms with van der Waals surface area (Å²) in [7, 11) is 0. The van der Waals surface area contributed by atoms with E-state index in [0.29, 0.717) is 12.0 Å². The summed E-state index contributed by atoms with van der Waals surface area (Å²) in [5, 5.41) is 5.95. The highest BCUT2D eigenvalue weighted by atomic mass is 32.1. The van der Waals surface area contributed by atoms with Crippen LogP contribution in [0.4, 0.5) is 5.69 Å². The van der Waals surface area contributed by atoms with Crippen LogP contribution in [-0.2, 0) is 4.74 Å². The van der Waals surface area contributed by atoms with E-state index in [1.165, 1.54) is 27.3 Å². The maximum Gasteiger partial charge on any atom is 0.0899 e. The van der Waals surface area contributed by atoms with Crippen molar-refractivity contribution < 1.29 is 4.74 Å². The Kier molecular flexibility index (Phi) is 2.86. The van der Waals surface area contributed by atoms with Crippen molar-refractivity contribution in [1.29, 1.82) is 0 Å². The van der Waals surface area contributed by atoms with Crippen LogP contribution in [0.2, 0.25) is 0 Å². The van der Waals surface area contributed by atoms with Gasteiger partial charge >= 0.3 is 0 Å². The number of ether oxygens (including phenoxy) is 1. The molecule has 2 nitrogen and oxygen atoms in total. The van der Waals surface area contributed by atoms with Crippen LogP contribution in [-0.4, -0.2) is 6.61 Å². The van der Waals surface area contributed by atoms with Crippen LogP contribution < -0.4 is 5.32 Å². The quantitative estimate of drug-likeness (QED) is 0.826. The third kappa shape index (κ3) is 1.80.